The van der Waals surface area contributed by atoms with Gasteiger partial charge in [0.25, 0.3) is 0 Å². The second-order valence-electron chi connectivity index (χ2n) is 11.8. The van der Waals surface area contributed by atoms with Gasteiger partial charge in [-0.1, -0.05) is 11.6 Å². The van der Waals surface area contributed by atoms with Crippen molar-refractivity contribution in [3.63, 3.8) is 0 Å². The molecule has 1 saturated heterocycles. The van der Waals surface area contributed by atoms with E-state index in [1.54, 1.807) is 9.42 Å². The number of amides is 1. The Labute approximate surface area is 247 Å². The molecule has 13 heteroatoms. The number of aliphatic hydroxyl groups excluding tert-OH is 1. The Bertz CT molecular complexity index is 1630. The molecule has 4 aromatic heterocycles. The molecule has 6 rings (SSSR count). The van der Waals surface area contributed by atoms with E-state index >= 15 is 0 Å². The minimum Gasteiger partial charge on any atom is -0.488 e. The Kier molecular flexibility index (Phi) is 7.32. The quantitative estimate of drug-likeness (QED) is 0.351. The summed E-state index contributed by atoms with van der Waals surface area (Å²) in [6.07, 6.45) is 3.11. The smallest absolute Gasteiger partial charge is 0.410 e. The fraction of sp³-hybridized carbons (Fsp3) is 0.448. The van der Waals surface area contributed by atoms with Gasteiger partial charge in [-0.2, -0.15) is 10.2 Å². The van der Waals surface area contributed by atoms with Crippen molar-refractivity contribution in [1.29, 1.82) is 0 Å². The van der Waals surface area contributed by atoms with Crippen LogP contribution in [0.2, 0.25) is 5.02 Å². The highest BCUT2D eigenvalue weighted by atomic mass is 35.5. The standard InChI is InChI=1S/C29H33ClFN7O4/c1-17-23-15-35(20-13-36(14-20)28(40)42-29(2,3)4)7-8-37(23)34-26(17)18-9-25(27-21(30)11-33-38(27)12-18)41-16-24(39)22-6-5-19(31)10-32-22/h5-6,9-12,20,24,39H,7-8,13-16H2,1-4H3. The van der Waals surface area contributed by atoms with Gasteiger partial charge in [0, 0.05) is 44.0 Å². The van der Waals surface area contributed by atoms with Crippen molar-refractivity contribution in [2.75, 3.05) is 26.2 Å². The number of hydrogen-bond donors (Lipinski definition) is 1. The molecule has 1 amide bonds. The van der Waals surface area contributed by atoms with Crippen LogP contribution in [0.25, 0.3) is 16.8 Å². The highest BCUT2D eigenvalue weighted by Gasteiger charge is 2.38. The van der Waals surface area contributed by atoms with Gasteiger partial charge < -0.3 is 19.5 Å². The molecule has 1 unspecified atom stereocenters. The van der Waals surface area contributed by atoms with Gasteiger partial charge in [-0.15, -0.1) is 0 Å². The first-order valence-electron chi connectivity index (χ1n) is 13.8. The zero-order chi connectivity index (χ0) is 29.8. The van der Waals surface area contributed by atoms with Crippen molar-refractivity contribution in [2.24, 2.45) is 0 Å². The first-order valence-corrected chi connectivity index (χ1v) is 14.2. The van der Waals surface area contributed by atoms with Gasteiger partial charge in [0.1, 0.15) is 35.4 Å². The fourth-order valence-electron chi connectivity index (χ4n) is 5.34. The van der Waals surface area contributed by atoms with Crippen LogP contribution in [0.4, 0.5) is 9.18 Å². The summed E-state index contributed by atoms with van der Waals surface area (Å²) in [6.45, 7) is 11.1. The summed E-state index contributed by atoms with van der Waals surface area (Å²) in [5, 5.41) is 20.3. The minimum absolute atomic E-state index is 0.116. The minimum atomic E-state index is -1.07. The van der Waals surface area contributed by atoms with Gasteiger partial charge >= 0.3 is 6.09 Å². The highest BCUT2D eigenvalue weighted by Crippen LogP contribution is 2.35. The highest BCUT2D eigenvalue weighted by molar-refractivity contribution is 6.34. The maximum atomic E-state index is 13.3. The van der Waals surface area contributed by atoms with E-state index in [0.717, 1.165) is 48.3 Å². The zero-order valence-electron chi connectivity index (χ0n) is 23.9. The normalized spacial score (nSPS) is 16.8. The van der Waals surface area contributed by atoms with Gasteiger partial charge in [-0.05, 0) is 51.5 Å². The van der Waals surface area contributed by atoms with Crippen LogP contribution in [0.1, 0.15) is 43.8 Å². The van der Waals surface area contributed by atoms with Crippen LogP contribution in [0, 0.1) is 12.7 Å². The second-order valence-corrected chi connectivity index (χ2v) is 12.2. The Balaban J connectivity index is 1.20. The predicted octanol–water partition coefficient (Wildman–Crippen LogP) is 4.24. The Morgan fingerprint density at radius 2 is 2.02 bits per heavy atom. The third kappa shape index (κ3) is 5.53. The van der Waals surface area contributed by atoms with E-state index in [4.69, 9.17) is 26.2 Å². The summed E-state index contributed by atoms with van der Waals surface area (Å²) in [6, 6.07) is 4.78. The largest absolute Gasteiger partial charge is 0.488 e. The number of carbonyl (C=O) groups excluding carboxylic acids is 1. The molecule has 222 valence electrons. The van der Waals surface area contributed by atoms with Crippen LogP contribution in [-0.2, 0) is 17.8 Å². The van der Waals surface area contributed by atoms with Crippen LogP contribution in [0.3, 0.4) is 0 Å². The van der Waals surface area contributed by atoms with E-state index in [-0.39, 0.29) is 18.7 Å². The lowest BCUT2D eigenvalue weighted by Crippen LogP contribution is -2.62. The number of hydrogen-bond acceptors (Lipinski definition) is 8. The van der Waals surface area contributed by atoms with E-state index in [9.17, 15) is 14.3 Å². The van der Waals surface area contributed by atoms with Gasteiger partial charge in [-0.3, -0.25) is 14.6 Å². The van der Waals surface area contributed by atoms with Gasteiger partial charge in [0.2, 0.25) is 0 Å². The monoisotopic (exact) mass is 597 g/mol. The number of rotatable bonds is 6. The summed E-state index contributed by atoms with van der Waals surface area (Å²) in [4.78, 5) is 20.5. The van der Waals surface area contributed by atoms with Crippen molar-refractivity contribution >= 4 is 23.2 Å². The molecule has 6 heterocycles. The number of aromatic nitrogens is 5. The molecule has 0 spiro atoms. The number of nitrogens with zero attached hydrogens (tertiary/aromatic N) is 7. The van der Waals surface area contributed by atoms with Crippen LogP contribution in [0.5, 0.6) is 5.75 Å². The molecule has 1 fully saturated rings. The molecular weight excluding hydrogens is 565 g/mol. The Hall–Kier alpha value is -3.74. The molecule has 2 aliphatic heterocycles. The first-order chi connectivity index (χ1) is 20.0. The van der Waals surface area contributed by atoms with Crippen molar-refractivity contribution in [1.82, 2.24) is 34.2 Å². The summed E-state index contributed by atoms with van der Waals surface area (Å²) < 4.78 is 28.5. The average molecular weight is 598 g/mol. The van der Waals surface area contributed by atoms with Gasteiger partial charge in [0.15, 0.2) is 0 Å². The predicted molar refractivity (Wildman–Crippen MR) is 153 cm³/mol. The van der Waals surface area contributed by atoms with Crippen LogP contribution < -0.4 is 4.74 Å². The summed E-state index contributed by atoms with van der Waals surface area (Å²) in [5.41, 5.74) is 4.10. The van der Waals surface area contributed by atoms with Crippen LogP contribution in [0.15, 0.2) is 36.8 Å². The molecule has 0 radical (unpaired) electrons. The van der Waals surface area contributed by atoms with Crippen LogP contribution in [-0.4, -0.2) is 83.3 Å². The molecular formula is C29H33ClFN7O4. The maximum absolute atomic E-state index is 13.3. The third-order valence-corrected chi connectivity index (χ3v) is 7.87. The molecule has 2 aliphatic rings. The van der Waals surface area contributed by atoms with E-state index in [0.29, 0.717) is 35.1 Å². The maximum Gasteiger partial charge on any atom is 0.410 e. The first kappa shape index (κ1) is 28.4. The van der Waals surface area contributed by atoms with Gasteiger partial charge in [0.05, 0.1) is 41.0 Å². The number of likely N-dealkylation sites (tertiary alicyclic amines) is 1. The van der Waals surface area contributed by atoms with Crippen molar-refractivity contribution in [3.05, 3.63) is 64.6 Å². The number of fused-ring (bicyclic) bond motifs is 2. The summed E-state index contributed by atoms with van der Waals surface area (Å²) in [5.74, 6) is -0.0519. The lowest BCUT2D eigenvalue weighted by atomic mass is 10.0. The van der Waals surface area contributed by atoms with E-state index in [1.165, 1.54) is 18.3 Å². The number of carbonyl (C=O) groups is 1. The van der Waals surface area contributed by atoms with Crippen molar-refractivity contribution in [3.8, 4) is 17.0 Å². The molecule has 0 bridgehead atoms. The molecule has 42 heavy (non-hydrogen) atoms. The Morgan fingerprint density at radius 1 is 1.24 bits per heavy atom. The zero-order valence-corrected chi connectivity index (χ0v) is 24.7. The van der Waals surface area contributed by atoms with Crippen molar-refractivity contribution < 1.29 is 23.8 Å². The molecule has 1 atom stereocenters. The number of aliphatic hydroxyl groups is 1. The van der Waals surface area contributed by atoms with Gasteiger partial charge in [-0.25, -0.2) is 13.7 Å². The summed E-state index contributed by atoms with van der Waals surface area (Å²) in [7, 11) is 0. The number of halogens is 2. The topological polar surface area (TPSA) is 110 Å². The van der Waals surface area contributed by atoms with E-state index < -0.39 is 17.5 Å². The SMILES string of the molecule is Cc1c(-c2cc(OCC(O)c3ccc(F)cn3)c3c(Cl)cnn3c2)nn2c1CN(C1CN(C(=O)OC(C)(C)C)C1)CC2. The molecule has 4 aromatic rings. The molecule has 1 N–H and O–H groups in total. The second kappa shape index (κ2) is 10.8. The van der Waals surface area contributed by atoms with E-state index in [2.05, 4.69) is 21.9 Å². The molecule has 11 nitrogen and oxygen atoms in total. The number of ether oxygens (including phenoxy) is 2. The van der Waals surface area contributed by atoms with E-state index in [1.807, 2.05) is 37.7 Å². The third-order valence-electron chi connectivity index (χ3n) is 7.60. The van der Waals surface area contributed by atoms with Crippen LogP contribution >= 0.6 is 11.6 Å². The Morgan fingerprint density at radius 3 is 2.74 bits per heavy atom. The summed E-state index contributed by atoms with van der Waals surface area (Å²) >= 11 is 6.43. The molecule has 0 aliphatic carbocycles. The molecule has 0 saturated carbocycles. The fourth-order valence-corrected chi connectivity index (χ4v) is 5.56. The lowest BCUT2D eigenvalue weighted by Gasteiger charge is -2.46. The average Bonchev–Trinajstić information content (AvgIpc) is 3.45. The molecule has 0 aromatic carbocycles. The van der Waals surface area contributed by atoms with Crippen molar-refractivity contribution in [2.45, 2.75) is 58.5 Å². The number of pyridine rings is 2. The lowest BCUT2D eigenvalue weighted by molar-refractivity contribution is -0.0209.